The molecule has 0 unspecified atom stereocenters. The molecule has 184 valence electrons. The topological polar surface area (TPSA) is 63.5 Å². The average Bonchev–Trinajstić information content (AvgIpc) is 3.38. The maximum absolute atomic E-state index is 13.2. The van der Waals surface area contributed by atoms with Crippen molar-refractivity contribution in [2.24, 2.45) is 0 Å². The zero-order valence-electron chi connectivity index (χ0n) is 20.6. The molecule has 5 aromatic rings. The number of hydrogen-bond donors (Lipinski definition) is 0. The molecule has 3 heterocycles. The number of ether oxygens (including phenoxy) is 1. The summed E-state index contributed by atoms with van der Waals surface area (Å²) < 4.78 is 7.54. The monoisotopic (exact) mass is 489 g/mol. The van der Waals surface area contributed by atoms with Crippen LogP contribution >= 0.6 is 0 Å². The van der Waals surface area contributed by atoms with Crippen LogP contribution in [0.4, 0.5) is 5.82 Å². The van der Waals surface area contributed by atoms with Crippen LogP contribution in [0.3, 0.4) is 0 Å². The lowest BCUT2D eigenvalue weighted by molar-refractivity contribution is 0.0743. The fourth-order valence-electron chi connectivity index (χ4n) is 5.02. The number of amides is 1. The number of carbonyl (C=O) groups excluding carboxylic acids is 1. The Kier molecular flexibility index (Phi) is 6.02. The molecule has 0 saturated carbocycles. The average molecular weight is 490 g/mol. The van der Waals surface area contributed by atoms with E-state index in [2.05, 4.69) is 39.9 Å². The van der Waals surface area contributed by atoms with Crippen LogP contribution in [0, 0.1) is 0 Å². The van der Waals surface area contributed by atoms with Gasteiger partial charge in [0.25, 0.3) is 5.91 Å². The number of nitrogens with zero attached hydrogens (tertiary/aromatic N) is 5. The van der Waals surface area contributed by atoms with Crippen molar-refractivity contribution in [1.29, 1.82) is 0 Å². The highest BCUT2D eigenvalue weighted by Gasteiger charge is 2.27. The predicted molar refractivity (Wildman–Crippen MR) is 145 cm³/mol. The van der Waals surface area contributed by atoms with E-state index in [1.807, 2.05) is 65.6 Å². The fourth-order valence-corrected chi connectivity index (χ4v) is 5.02. The van der Waals surface area contributed by atoms with Crippen molar-refractivity contribution in [3.05, 3.63) is 103 Å². The number of carbonyl (C=O) groups is 1. The Hall–Kier alpha value is -4.65. The number of para-hydroxylation sites is 2. The van der Waals surface area contributed by atoms with Gasteiger partial charge in [0, 0.05) is 43.6 Å². The fraction of sp³-hybridized carbons (Fsp3) is 0.167. The highest BCUT2D eigenvalue weighted by atomic mass is 16.5. The third kappa shape index (κ3) is 4.18. The summed E-state index contributed by atoms with van der Waals surface area (Å²) in [5, 5.41) is 1.02. The molecule has 2 aromatic heterocycles. The van der Waals surface area contributed by atoms with Crippen molar-refractivity contribution in [2.45, 2.75) is 0 Å². The second-order valence-electron chi connectivity index (χ2n) is 8.99. The quantitative estimate of drug-likeness (QED) is 0.345. The molecule has 0 atom stereocenters. The molecule has 0 N–H and O–H groups in total. The van der Waals surface area contributed by atoms with Crippen molar-refractivity contribution in [2.75, 3.05) is 38.2 Å². The summed E-state index contributed by atoms with van der Waals surface area (Å²) in [5.74, 6) is 1.48. The number of methoxy groups -OCH3 is 1. The van der Waals surface area contributed by atoms with Gasteiger partial charge in [0.1, 0.15) is 17.9 Å². The van der Waals surface area contributed by atoms with E-state index in [4.69, 9.17) is 14.7 Å². The van der Waals surface area contributed by atoms with Crippen LogP contribution in [0.5, 0.6) is 5.75 Å². The summed E-state index contributed by atoms with van der Waals surface area (Å²) in [6.07, 6.45) is 3.78. The third-order valence-corrected chi connectivity index (χ3v) is 6.89. The van der Waals surface area contributed by atoms with E-state index in [1.165, 1.54) is 0 Å². The van der Waals surface area contributed by atoms with Crippen LogP contribution in [-0.4, -0.2) is 58.6 Å². The molecular formula is C30H27N5O2. The first-order valence-corrected chi connectivity index (χ1v) is 12.4. The zero-order valence-corrected chi connectivity index (χ0v) is 20.6. The smallest absolute Gasteiger partial charge is 0.257 e. The Labute approximate surface area is 215 Å². The molecule has 0 spiro atoms. The largest absolute Gasteiger partial charge is 0.496 e. The van der Waals surface area contributed by atoms with Gasteiger partial charge in [0.15, 0.2) is 5.65 Å². The van der Waals surface area contributed by atoms with Crippen LogP contribution < -0.4 is 9.64 Å². The molecular weight excluding hydrogens is 462 g/mol. The molecule has 7 heteroatoms. The molecule has 37 heavy (non-hydrogen) atoms. The Balaban J connectivity index is 1.36. The molecule has 7 nitrogen and oxygen atoms in total. The normalized spacial score (nSPS) is 13.6. The number of anilines is 1. The summed E-state index contributed by atoms with van der Waals surface area (Å²) in [7, 11) is 1.59. The lowest BCUT2D eigenvalue weighted by atomic mass is 10.1. The van der Waals surface area contributed by atoms with Crippen molar-refractivity contribution in [3.63, 3.8) is 0 Å². The van der Waals surface area contributed by atoms with Crippen LogP contribution in [-0.2, 0) is 0 Å². The van der Waals surface area contributed by atoms with Gasteiger partial charge in [-0.25, -0.2) is 9.97 Å². The summed E-state index contributed by atoms with van der Waals surface area (Å²) in [4.78, 5) is 26.8. The third-order valence-electron chi connectivity index (χ3n) is 6.89. The van der Waals surface area contributed by atoms with Gasteiger partial charge in [-0.2, -0.15) is 0 Å². The standard InChI is InChI=1S/C30H27N5O2/c1-37-26-15-9-8-14-24(26)30(36)34-18-16-33(17-19-34)28-27-25(22-10-4-2-5-11-22)20-35(29(27)32-21-31-28)23-12-6-3-7-13-23/h2-15,20-21H,16-19H2,1H3. The molecule has 6 rings (SSSR count). The highest BCUT2D eigenvalue weighted by molar-refractivity contribution is 6.02. The van der Waals surface area contributed by atoms with Gasteiger partial charge in [-0.15, -0.1) is 0 Å². The lowest BCUT2D eigenvalue weighted by Crippen LogP contribution is -2.49. The van der Waals surface area contributed by atoms with Crippen LogP contribution in [0.15, 0.2) is 97.5 Å². The Morgan fingerprint density at radius 3 is 2.22 bits per heavy atom. The SMILES string of the molecule is COc1ccccc1C(=O)N1CCN(c2ncnc3c2c(-c2ccccc2)cn3-c2ccccc2)CC1. The van der Waals surface area contributed by atoms with Crippen LogP contribution in [0.1, 0.15) is 10.4 Å². The van der Waals surface area contributed by atoms with Gasteiger partial charge >= 0.3 is 0 Å². The number of rotatable bonds is 5. The first-order chi connectivity index (χ1) is 18.2. The maximum Gasteiger partial charge on any atom is 0.257 e. The molecule has 3 aromatic carbocycles. The molecule has 0 aliphatic carbocycles. The molecule has 1 fully saturated rings. The summed E-state index contributed by atoms with van der Waals surface area (Å²) in [5.41, 5.74) is 4.70. The molecule has 0 bridgehead atoms. The molecule has 1 saturated heterocycles. The van der Waals surface area contributed by atoms with E-state index in [-0.39, 0.29) is 5.91 Å². The summed E-state index contributed by atoms with van der Waals surface area (Å²) in [6.45, 7) is 2.56. The van der Waals surface area contributed by atoms with E-state index in [9.17, 15) is 4.79 Å². The molecule has 0 radical (unpaired) electrons. The van der Waals surface area contributed by atoms with Crippen LogP contribution in [0.2, 0.25) is 0 Å². The van der Waals surface area contributed by atoms with E-state index in [0.29, 0.717) is 37.5 Å². The minimum Gasteiger partial charge on any atom is -0.496 e. The number of aromatic nitrogens is 3. The summed E-state index contributed by atoms with van der Waals surface area (Å²) in [6, 6.07) is 28.0. The summed E-state index contributed by atoms with van der Waals surface area (Å²) >= 11 is 0. The van der Waals surface area contributed by atoms with Crippen molar-refractivity contribution in [1.82, 2.24) is 19.4 Å². The van der Waals surface area contributed by atoms with Crippen molar-refractivity contribution >= 4 is 22.8 Å². The number of piperazine rings is 1. The molecule has 1 aliphatic heterocycles. The second-order valence-corrected chi connectivity index (χ2v) is 8.99. The first kappa shape index (κ1) is 22.8. The Morgan fingerprint density at radius 2 is 1.49 bits per heavy atom. The minimum absolute atomic E-state index is 0.00913. The maximum atomic E-state index is 13.2. The van der Waals surface area contributed by atoms with E-state index in [0.717, 1.165) is 33.7 Å². The predicted octanol–water partition coefficient (Wildman–Crippen LogP) is 5.06. The highest BCUT2D eigenvalue weighted by Crippen LogP contribution is 2.37. The van der Waals surface area contributed by atoms with Gasteiger partial charge in [-0.1, -0.05) is 60.7 Å². The van der Waals surface area contributed by atoms with E-state index in [1.54, 1.807) is 13.4 Å². The number of fused-ring (bicyclic) bond motifs is 1. The van der Waals surface area contributed by atoms with Gasteiger partial charge in [0.05, 0.1) is 18.1 Å². The number of hydrogen-bond acceptors (Lipinski definition) is 5. The minimum atomic E-state index is -0.00913. The first-order valence-electron chi connectivity index (χ1n) is 12.4. The molecule has 1 aliphatic rings. The van der Waals surface area contributed by atoms with Crippen molar-refractivity contribution in [3.8, 4) is 22.6 Å². The van der Waals surface area contributed by atoms with Crippen LogP contribution in [0.25, 0.3) is 27.8 Å². The Morgan fingerprint density at radius 1 is 0.811 bits per heavy atom. The lowest BCUT2D eigenvalue weighted by Gasteiger charge is -2.36. The van der Waals surface area contributed by atoms with Gasteiger partial charge < -0.3 is 19.1 Å². The van der Waals surface area contributed by atoms with E-state index < -0.39 is 0 Å². The number of benzene rings is 3. The second kappa shape index (κ2) is 9.78. The zero-order chi connectivity index (χ0) is 25.2. The Bertz CT molecular complexity index is 1540. The van der Waals surface area contributed by atoms with Gasteiger partial charge in [-0.3, -0.25) is 4.79 Å². The van der Waals surface area contributed by atoms with E-state index >= 15 is 0 Å². The van der Waals surface area contributed by atoms with Gasteiger partial charge in [-0.05, 0) is 29.8 Å². The van der Waals surface area contributed by atoms with Gasteiger partial charge in [0.2, 0.25) is 0 Å². The van der Waals surface area contributed by atoms with Crippen molar-refractivity contribution < 1.29 is 9.53 Å². The molecule has 1 amide bonds.